The third-order valence-corrected chi connectivity index (χ3v) is 6.42. The van der Waals surface area contributed by atoms with Crippen molar-refractivity contribution in [3.05, 3.63) is 0 Å². The first-order valence-corrected chi connectivity index (χ1v) is 15.8. The van der Waals surface area contributed by atoms with Crippen molar-refractivity contribution in [1.82, 2.24) is 21.3 Å². The number of Topliss-reactive ketones (excluding diaryl/α,β-unsaturated/α-hetero) is 1. The summed E-state index contributed by atoms with van der Waals surface area (Å²) < 4.78 is 0. The van der Waals surface area contributed by atoms with Gasteiger partial charge < -0.3 is 32.7 Å². The molecule has 11 heteroatoms. The molecule has 0 aliphatic heterocycles. The molecule has 0 fully saturated rings. The summed E-state index contributed by atoms with van der Waals surface area (Å²) >= 11 is 0. The van der Waals surface area contributed by atoms with E-state index in [0.29, 0.717) is 84.0 Å². The highest BCUT2D eigenvalue weighted by atomic mass is 16.2. The topological polar surface area (TPSA) is 186 Å². The second kappa shape index (κ2) is 29.0. The van der Waals surface area contributed by atoms with E-state index in [4.69, 9.17) is 11.5 Å². The van der Waals surface area contributed by atoms with Crippen molar-refractivity contribution in [2.45, 2.75) is 136 Å². The molecule has 2 unspecified atom stereocenters. The van der Waals surface area contributed by atoms with E-state index in [0.717, 1.165) is 32.1 Å². The van der Waals surface area contributed by atoms with Gasteiger partial charge in [0.2, 0.25) is 23.6 Å². The molecule has 0 aromatic carbocycles. The fraction of sp³-hybridized carbons (Fsp3) is 0.833. The predicted octanol–water partition coefficient (Wildman–Crippen LogP) is 2.59. The number of amides is 4. The van der Waals surface area contributed by atoms with Crippen LogP contribution in [0.2, 0.25) is 0 Å². The largest absolute Gasteiger partial charge is 0.356 e. The molecule has 41 heavy (non-hydrogen) atoms. The van der Waals surface area contributed by atoms with Crippen molar-refractivity contribution < 1.29 is 24.0 Å². The Bertz CT molecular complexity index is 719. The summed E-state index contributed by atoms with van der Waals surface area (Å²) in [5, 5.41) is 11.4. The van der Waals surface area contributed by atoms with Gasteiger partial charge >= 0.3 is 0 Å². The SMILES string of the molecule is CC.CCCCC(=O)NCCCCC(NC(=O)C(CCCCNC(=O)CCCCN)NC(=O)CCCCN)C(C)=O. The number of hydrogen-bond donors (Lipinski definition) is 6. The minimum atomic E-state index is -0.768. The summed E-state index contributed by atoms with van der Waals surface area (Å²) in [6, 6.07) is -1.42. The van der Waals surface area contributed by atoms with Crippen LogP contribution in [0.1, 0.15) is 124 Å². The van der Waals surface area contributed by atoms with E-state index >= 15 is 0 Å². The number of nitrogens with one attached hydrogen (secondary N) is 4. The molecule has 240 valence electrons. The summed E-state index contributed by atoms with van der Waals surface area (Å²) in [5.41, 5.74) is 11.0. The lowest BCUT2D eigenvalue weighted by atomic mass is 10.0. The molecule has 0 spiro atoms. The Balaban J connectivity index is 0. The maximum Gasteiger partial charge on any atom is 0.243 e. The molecule has 11 nitrogen and oxygen atoms in total. The number of rotatable bonds is 25. The number of unbranched alkanes of at least 4 members (excludes halogenated alkanes) is 5. The van der Waals surface area contributed by atoms with E-state index in [1.54, 1.807) is 0 Å². The zero-order valence-corrected chi connectivity index (χ0v) is 26.3. The molecule has 0 bridgehead atoms. The second-order valence-electron chi connectivity index (χ2n) is 10.1. The predicted molar refractivity (Wildman–Crippen MR) is 165 cm³/mol. The smallest absolute Gasteiger partial charge is 0.243 e. The minimum absolute atomic E-state index is 0.0178. The average Bonchev–Trinajstić information content (AvgIpc) is 2.95. The van der Waals surface area contributed by atoms with Crippen LogP contribution in [0.4, 0.5) is 0 Å². The van der Waals surface area contributed by atoms with Crippen LogP contribution in [-0.2, 0) is 24.0 Å². The van der Waals surface area contributed by atoms with Crippen LogP contribution in [0, 0.1) is 0 Å². The van der Waals surface area contributed by atoms with Crippen LogP contribution < -0.4 is 32.7 Å². The summed E-state index contributed by atoms with van der Waals surface area (Å²) in [5.74, 6) is -0.753. The Morgan fingerprint density at radius 1 is 0.585 bits per heavy atom. The molecule has 0 radical (unpaired) electrons. The van der Waals surface area contributed by atoms with E-state index in [2.05, 4.69) is 21.3 Å². The molecule has 0 saturated carbocycles. The number of carbonyl (C=O) groups is 5. The van der Waals surface area contributed by atoms with Crippen LogP contribution >= 0.6 is 0 Å². The van der Waals surface area contributed by atoms with Gasteiger partial charge in [-0.05, 0) is 90.6 Å². The highest BCUT2D eigenvalue weighted by molar-refractivity contribution is 5.92. The van der Waals surface area contributed by atoms with Gasteiger partial charge in [0, 0.05) is 32.4 Å². The molecule has 4 amide bonds. The maximum atomic E-state index is 13.1. The van der Waals surface area contributed by atoms with Crippen LogP contribution in [0.15, 0.2) is 0 Å². The lowest BCUT2D eigenvalue weighted by Gasteiger charge is -2.22. The van der Waals surface area contributed by atoms with Crippen LogP contribution in [0.25, 0.3) is 0 Å². The first-order valence-electron chi connectivity index (χ1n) is 15.8. The van der Waals surface area contributed by atoms with E-state index in [-0.39, 0.29) is 35.8 Å². The average molecular weight is 585 g/mol. The first-order chi connectivity index (χ1) is 19.7. The van der Waals surface area contributed by atoms with Gasteiger partial charge in [-0.3, -0.25) is 24.0 Å². The number of carbonyl (C=O) groups excluding carboxylic acids is 5. The number of ketones is 1. The summed E-state index contributed by atoms with van der Waals surface area (Å²) in [7, 11) is 0. The zero-order chi connectivity index (χ0) is 31.3. The fourth-order valence-electron chi connectivity index (χ4n) is 3.96. The second-order valence-corrected chi connectivity index (χ2v) is 10.1. The van der Waals surface area contributed by atoms with Gasteiger partial charge in [0.05, 0.1) is 6.04 Å². The molecule has 0 aliphatic carbocycles. The van der Waals surface area contributed by atoms with Gasteiger partial charge in [-0.2, -0.15) is 0 Å². The Morgan fingerprint density at radius 3 is 1.51 bits per heavy atom. The van der Waals surface area contributed by atoms with E-state index in [1.165, 1.54) is 6.92 Å². The van der Waals surface area contributed by atoms with Gasteiger partial charge in [-0.25, -0.2) is 0 Å². The fourth-order valence-corrected chi connectivity index (χ4v) is 3.96. The van der Waals surface area contributed by atoms with Crippen molar-refractivity contribution in [3.8, 4) is 0 Å². The highest BCUT2D eigenvalue weighted by Crippen LogP contribution is 2.07. The van der Waals surface area contributed by atoms with Crippen molar-refractivity contribution in [3.63, 3.8) is 0 Å². The molecule has 0 heterocycles. The molecule has 0 rings (SSSR count). The number of hydrogen-bond acceptors (Lipinski definition) is 7. The van der Waals surface area contributed by atoms with Crippen LogP contribution in [0.5, 0.6) is 0 Å². The molecule has 0 aliphatic rings. The van der Waals surface area contributed by atoms with Gasteiger partial charge in [0.1, 0.15) is 6.04 Å². The molecule has 8 N–H and O–H groups in total. The summed E-state index contributed by atoms with van der Waals surface area (Å²) in [6.07, 6.45) is 9.50. The van der Waals surface area contributed by atoms with Gasteiger partial charge in [0.15, 0.2) is 5.78 Å². The van der Waals surface area contributed by atoms with Crippen molar-refractivity contribution in [2.24, 2.45) is 11.5 Å². The van der Waals surface area contributed by atoms with Crippen LogP contribution in [-0.4, -0.2) is 67.7 Å². The van der Waals surface area contributed by atoms with Crippen molar-refractivity contribution in [1.29, 1.82) is 0 Å². The lowest BCUT2D eigenvalue weighted by Crippen LogP contribution is -2.51. The third kappa shape index (κ3) is 24.9. The summed E-state index contributed by atoms with van der Waals surface area (Å²) in [6.45, 7) is 9.56. The third-order valence-electron chi connectivity index (χ3n) is 6.42. The molecule has 0 aromatic heterocycles. The molecular formula is C30H60N6O5. The van der Waals surface area contributed by atoms with Crippen molar-refractivity contribution >= 4 is 29.4 Å². The van der Waals surface area contributed by atoms with E-state index < -0.39 is 12.1 Å². The molecular weight excluding hydrogens is 524 g/mol. The van der Waals surface area contributed by atoms with Crippen LogP contribution in [0.3, 0.4) is 0 Å². The van der Waals surface area contributed by atoms with Gasteiger partial charge in [0.25, 0.3) is 0 Å². The highest BCUT2D eigenvalue weighted by Gasteiger charge is 2.24. The van der Waals surface area contributed by atoms with Gasteiger partial charge in [-0.1, -0.05) is 27.2 Å². The summed E-state index contributed by atoms with van der Waals surface area (Å²) in [4.78, 5) is 61.3. The quantitative estimate of drug-likeness (QED) is 0.0890. The Kier molecular flexibility index (Phi) is 28.7. The van der Waals surface area contributed by atoms with E-state index in [9.17, 15) is 24.0 Å². The molecule has 0 aromatic rings. The zero-order valence-electron chi connectivity index (χ0n) is 26.3. The normalized spacial score (nSPS) is 11.9. The minimum Gasteiger partial charge on any atom is -0.356 e. The lowest BCUT2D eigenvalue weighted by molar-refractivity contribution is -0.131. The standard InChI is InChI=1S/C28H54N6O5.C2H6/c1-3-4-15-25(36)31-20-11-7-13-23(22(2)35)34-28(39)24(33-27(38)17-6-10-19-30)14-8-12-21-32-26(37)16-5-9-18-29;1-2/h23-24H,3-21,29-30H2,1-2H3,(H,31,36)(H,32,37)(H,33,38)(H,34,39);1-2H3. The number of nitrogens with two attached hydrogens (primary N) is 2. The Hall–Kier alpha value is -2.53. The van der Waals surface area contributed by atoms with Crippen molar-refractivity contribution in [2.75, 3.05) is 26.2 Å². The Morgan fingerprint density at radius 2 is 1.05 bits per heavy atom. The monoisotopic (exact) mass is 584 g/mol. The van der Waals surface area contributed by atoms with Gasteiger partial charge in [-0.15, -0.1) is 0 Å². The van der Waals surface area contributed by atoms with E-state index in [1.807, 2.05) is 20.8 Å². The Labute approximate surface area is 248 Å². The molecule has 0 saturated heterocycles. The first kappa shape index (κ1) is 40.6. The maximum absolute atomic E-state index is 13.1. The molecule has 2 atom stereocenters.